The van der Waals surface area contributed by atoms with Crippen molar-refractivity contribution in [2.45, 2.75) is 57.3 Å². The van der Waals surface area contributed by atoms with Crippen LogP contribution in [-0.2, 0) is 14.3 Å². The monoisotopic (exact) mass is 298 g/mol. The van der Waals surface area contributed by atoms with E-state index in [-0.39, 0.29) is 11.5 Å². The highest BCUT2D eigenvalue weighted by Crippen LogP contribution is 2.14. The molecular formula is C16H26O3S. The van der Waals surface area contributed by atoms with E-state index in [1.54, 1.807) is 30.3 Å². The van der Waals surface area contributed by atoms with Crippen LogP contribution < -0.4 is 0 Å². The molecule has 0 spiro atoms. The average molecular weight is 298 g/mol. The lowest BCUT2D eigenvalue weighted by molar-refractivity contribution is 0.305. The highest BCUT2D eigenvalue weighted by molar-refractivity contribution is 7.86. The van der Waals surface area contributed by atoms with Gasteiger partial charge >= 0.3 is 0 Å². The molecule has 0 aliphatic heterocycles. The van der Waals surface area contributed by atoms with Crippen molar-refractivity contribution in [3.63, 3.8) is 0 Å². The predicted molar refractivity (Wildman–Crippen MR) is 82.1 cm³/mol. The Morgan fingerprint density at radius 2 is 1.70 bits per heavy atom. The molecule has 0 aliphatic rings. The number of unbranched alkanes of at least 4 members (excludes halogenated alkanes) is 3. The van der Waals surface area contributed by atoms with Crippen molar-refractivity contribution >= 4 is 10.1 Å². The fourth-order valence-electron chi connectivity index (χ4n) is 1.98. The second kappa shape index (κ2) is 9.14. The lowest BCUT2D eigenvalue weighted by atomic mass is 10.0. The van der Waals surface area contributed by atoms with Crippen LogP contribution >= 0.6 is 0 Å². The van der Waals surface area contributed by atoms with Crippen LogP contribution in [0.5, 0.6) is 0 Å². The van der Waals surface area contributed by atoms with E-state index >= 15 is 0 Å². The summed E-state index contributed by atoms with van der Waals surface area (Å²) in [7, 11) is -3.57. The number of hydrogen-bond acceptors (Lipinski definition) is 3. The Kier molecular flexibility index (Phi) is 7.85. The van der Waals surface area contributed by atoms with E-state index in [9.17, 15) is 8.42 Å². The summed E-state index contributed by atoms with van der Waals surface area (Å²) in [6.45, 7) is 4.77. The quantitative estimate of drug-likeness (QED) is 0.475. The van der Waals surface area contributed by atoms with E-state index in [1.807, 2.05) is 0 Å². The molecule has 0 N–H and O–H groups in total. The van der Waals surface area contributed by atoms with E-state index < -0.39 is 10.1 Å². The molecule has 1 aromatic carbocycles. The molecule has 0 saturated carbocycles. The van der Waals surface area contributed by atoms with E-state index in [2.05, 4.69) is 13.8 Å². The molecule has 0 aliphatic carbocycles. The van der Waals surface area contributed by atoms with Gasteiger partial charge in [0.25, 0.3) is 10.1 Å². The number of rotatable bonds is 10. The maximum Gasteiger partial charge on any atom is 0.296 e. The highest BCUT2D eigenvalue weighted by Gasteiger charge is 2.13. The molecule has 0 radical (unpaired) electrons. The standard InChI is InChI=1S/C16H26O3S/c1-3-15(2)11-7-4-5-10-14-19-20(17,18)16-12-8-6-9-13-16/h6,8-9,12-13,15H,3-5,7,10-11,14H2,1-2H3. The Labute approximate surface area is 123 Å². The summed E-state index contributed by atoms with van der Waals surface area (Å²) in [6.07, 6.45) is 6.70. The minimum absolute atomic E-state index is 0.233. The first-order valence-electron chi connectivity index (χ1n) is 7.50. The summed E-state index contributed by atoms with van der Waals surface area (Å²) in [5.41, 5.74) is 0. The maximum atomic E-state index is 11.8. The van der Waals surface area contributed by atoms with Gasteiger partial charge in [-0.1, -0.05) is 64.2 Å². The van der Waals surface area contributed by atoms with Gasteiger partial charge in [-0.05, 0) is 24.5 Å². The van der Waals surface area contributed by atoms with Crippen molar-refractivity contribution in [3.8, 4) is 0 Å². The topological polar surface area (TPSA) is 43.4 Å². The Bertz CT molecular complexity index is 454. The zero-order valence-corrected chi connectivity index (χ0v) is 13.4. The third-order valence-electron chi connectivity index (χ3n) is 3.56. The van der Waals surface area contributed by atoms with Gasteiger partial charge < -0.3 is 0 Å². The Hall–Kier alpha value is -0.870. The zero-order chi connectivity index (χ0) is 14.8. The SMILES string of the molecule is CCC(C)CCCCCCOS(=O)(=O)c1ccccc1. The molecule has 0 amide bonds. The van der Waals surface area contributed by atoms with Crippen molar-refractivity contribution in [3.05, 3.63) is 30.3 Å². The number of benzene rings is 1. The van der Waals surface area contributed by atoms with E-state index in [0.29, 0.717) is 0 Å². The minimum atomic E-state index is -3.57. The Morgan fingerprint density at radius 1 is 1.05 bits per heavy atom. The van der Waals surface area contributed by atoms with Gasteiger partial charge in [0.15, 0.2) is 0 Å². The van der Waals surface area contributed by atoms with Gasteiger partial charge in [-0.2, -0.15) is 8.42 Å². The maximum absolute atomic E-state index is 11.8. The summed E-state index contributed by atoms with van der Waals surface area (Å²) in [6, 6.07) is 8.30. The molecule has 1 rings (SSSR count). The van der Waals surface area contributed by atoms with Gasteiger partial charge in [0.2, 0.25) is 0 Å². The fourth-order valence-corrected chi connectivity index (χ4v) is 2.94. The smallest absolute Gasteiger partial charge is 0.266 e. The van der Waals surface area contributed by atoms with Crippen molar-refractivity contribution in [1.82, 2.24) is 0 Å². The first-order valence-corrected chi connectivity index (χ1v) is 8.91. The second-order valence-corrected chi connectivity index (χ2v) is 6.92. The van der Waals surface area contributed by atoms with Crippen molar-refractivity contribution in [1.29, 1.82) is 0 Å². The predicted octanol–water partition coefficient (Wildman–Crippen LogP) is 4.39. The molecule has 0 saturated heterocycles. The number of hydrogen-bond donors (Lipinski definition) is 0. The highest BCUT2D eigenvalue weighted by atomic mass is 32.2. The van der Waals surface area contributed by atoms with Gasteiger partial charge in [-0.15, -0.1) is 0 Å². The average Bonchev–Trinajstić information content (AvgIpc) is 2.46. The van der Waals surface area contributed by atoms with Crippen LogP contribution in [0.25, 0.3) is 0 Å². The molecular weight excluding hydrogens is 272 g/mol. The van der Waals surface area contributed by atoms with Gasteiger partial charge in [-0.3, -0.25) is 4.18 Å². The summed E-state index contributed by atoms with van der Waals surface area (Å²) < 4.78 is 28.7. The lowest BCUT2D eigenvalue weighted by Crippen LogP contribution is -2.07. The Morgan fingerprint density at radius 3 is 2.35 bits per heavy atom. The van der Waals surface area contributed by atoms with Crippen molar-refractivity contribution in [2.75, 3.05) is 6.61 Å². The van der Waals surface area contributed by atoms with Crippen LogP contribution in [0.3, 0.4) is 0 Å². The van der Waals surface area contributed by atoms with Crippen molar-refractivity contribution in [2.24, 2.45) is 5.92 Å². The van der Waals surface area contributed by atoms with Crippen LogP contribution in [0.15, 0.2) is 35.2 Å². The van der Waals surface area contributed by atoms with Crippen molar-refractivity contribution < 1.29 is 12.6 Å². The second-order valence-electron chi connectivity index (χ2n) is 5.31. The molecule has 1 unspecified atom stereocenters. The first-order chi connectivity index (χ1) is 9.56. The molecule has 1 aromatic rings. The van der Waals surface area contributed by atoms with Crippen LogP contribution in [0.1, 0.15) is 52.4 Å². The molecule has 20 heavy (non-hydrogen) atoms. The first kappa shape index (κ1) is 17.2. The normalized spacial score (nSPS) is 13.3. The summed E-state index contributed by atoms with van der Waals surface area (Å²) >= 11 is 0. The minimum Gasteiger partial charge on any atom is -0.266 e. The Balaban J connectivity index is 2.15. The van der Waals surface area contributed by atoms with E-state index in [0.717, 1.165) is 25.2 Å². The molecule has 0 heterocycles. The molecule has 0 fully saturated rings. The zero-order valence-electron chi connectivity index (χ0n) is 12.5. The van der Waals surface area contributed by atoms with Crippen LogP contribution in [0, 0.1) is 5.92 Å². The van der Waals surface area contributed by atoms with Gasteiger partial charge in [0, 0.05) is 0 Å². The van der Waals surface area contributed by atoms with Crippen LogP contribution in [-0.4, -0.2) is 15.0 Å². The largest absolute Gasteiger partial charge is 0.296 e. The molecule has 1 atom stereocenters. The molecule has 0 bridgehead atoms. The van der Waals surface area contributed by atoms with E-state index in [1.165, 1.54) is 19.3 Å². The van der Waals surface area contributed by atoms with Crippen LogP contribution in [0.4, 0.5) is 0 Å². The van der Waals surface area contributed by atoms with Gasteiger partial charge in [0.1, 0.15) is 0 Å². The van der Waals surface area contributed by atoms with Crippen LogP contribution in [0.2, 0.25) is 0 Å². The molecule has 0 aromatic heterocycles. The molecule has 3 nitrogen and oxygen atoms in total. The summed E-state index contributed by atoms with van der Waals surface area (Å²) in [5, 5.41) is 0. The molecule has 114 valence electrons. The summed E-state index contributed by atoms with van der Waals surface area (Å²) in [4.78, 5) is 0.233. The van der Waals surface area contributed by atoms with E-state index in [4.69, 9.17) is 4.18 Å². The molecule has 4 heteroatoms. The third kappa shape index (κ3) is 6.53. The summed E-state index contributed by atoms with van der Waals surface area (Å²) in [5.74, 6) is 0.796. The van der Waals surface area contributed by atoms with Gasteiger partial charge in [0.05, 0.1) is 11.5 Å². The van der Waals surface area contributed by atoms with Gasteiger partial charge in [-0.25, -0.2) is 0 Å². The third-order valence-corrected chi connectivity index (χ3v) is 4.89. The fraction of sp³-hybridized carbons (Fsp3) is 0.625. The lowest BCUT2D eigenvalue weighted by Gasteiger charge is -2.08.